The van der Waals surface area contributed by atoms with Crippen LogP contribution in [0.1, 0.15) is 36.5 Å². The van der Waals surface area contributed by atoms with Crippen molar-refractivity contribution >= 4 is 27.5 Å². The minimum Gasteiger partial charge on any atom is -0.398 e. The zero-order chi connectivity index (χ0) is 14.3. The van der Waals surface area contributed by atoms with Crippen LogP contribution < -0.4 is 11.1 Å². The first-order valence-corrected chi connectivity index (χ1v) is 7.31. The third-order valence-corrected chi connectivity index (χ3v) is 3.77. The molecule has 0 saturated heterocycles. The summed E-state index contributed by atoms with van der Waals surface area (Å²) in [6.07, 6.45) is 2.77. The number of nitrogen functional groups attached to an aromatic ring is 1. The molecule has 1 unspecified atom stereocenters. The Morgan fingerprint density at radius 3 is 2.79 bits per heavy atom. The van der Waals surface area contributed by atoms with Gasteiger partial charge in [-0.05, 0) is 52.9 Å². The van der Waals surface area contributed by atoms with Gasteiger partial charge in [-0.2, -0.15) is 0 Å². The number of aliphatic hydroxyl groups excluding tert-OH is 1. The van der Waals surface area contributed by atoms with E-state index in [1.807, 2.05) is 0 Å². The number of aliphatic hydroxyl groups is 1. The Morgan fingerprint density at radius 2 is 2.21 bits per heavy atom. The van der Waals surface area contributed by atoms with Gasteiger partial charge in [0.25, 0.3) is 5.91 Å². The highest BCUT2D eigenvalue weighted by Crippen LogP contribution is 2.20. The van der Waals surface area contributed by atoms with Gasteiger partial charge in [0.05, 0.1) is 0 Å². The van der Waals surface area contributed by atoms with Crippen molar-refractivity contribution in [1.82, 2.24) is 5.32 Å². The van der Waals surface area contributed by atoms with E-state index in [1.54, 1.807) is 18.2 Å². The molecule has 1 rings (SSSR count). The zero-order valence-corrected chi connectivity index (χ0v) is 12.7. The van der Waals surface area contributed by atoms with Crippen molar-refractivity contribution in [2.24, 2.45) is 5.92 Å². The highest BCUT2D eigenvalue weighted by molar-refractivity contribution is 9.10. The fourth-order valence-electron chi connectivity index (χ4n) is 1.96. The number of carbonyl (C=O) groups is 1. The highest BCUT2D eigenvalue weighted by atomic mass is 79.9. The number of halogens is 1. The summed E-state index contributed by atoms with van der Waals surface area (Å²) in [6, 6.07) is 5.15. The van der Waals surface area contributed by atoms with Gasteiger partial charge in [-0.15, -0.1) is 0 Å². The van der Waals surface area contributed by atoms with E-state index in [0.717, 1.165) is 23.7 Å². The zero-order valence-electron chi connectivity index (χ0n) is 11.2. The lowest BCUT2D eigenvalue weighted by Crippen LogP contribution is -2.29. The molecule has 106 valence electrons. The Balaban J connectivity index is 2.56. The third kappa shape index (κ3) is 5.20. The van der Waals surface area contributed by atoms with Gasteiger partial charge in [0.1, 0.15) is 0 Å². The molecular formula is C14H21BrN2O2. The van der Waals surface area contributed by atoms with Gasteiger partial charge in [-0.3, -0.25) is 4.79 Å². The molecule has 0 aliphatic rings. The van der Waals surface area contributed by atoms with Crippen LogP contribution >= 0.6 is 15.9 Å². The molecule has 0 aromatic heterocycles. The molecule has 4 N–H and O–H groups in total. The van der Waals surface area contributed by atoms with Crippen molar-refractivity contribution in [3.8, 4) is 0 Å². The first kappa shape index (κ1) is 16.0. The molecule has 0 aliphatic carbocycles. The molecule has 5 heteroatoms. The first-order chi connectivity index (χ1) is 9.08. The average Bonchev–Trinajstić information content (AvgIpc) is 2.39. The summed E-state index contributed by atoms with van der Waals surface area (Å²) < 4.78 is 0.785. The van der Waals surface area contributed by atoms with Gasteiger partial charge >= 0.3 is 0 Å². The van der Waals surface area contributed by atoms with Crippen LogP contribution in [-0.4, -0.2) is 24.2 Å². The first-order valence-electron chi connectivity index (χ1n) is 6.52. The molecule has 0 fully saturated rings. The number of anilines is 1. The van der Waals surface area contributed by atoms with E-state index in [0.29, 0.717) is 23.7 Å². The SMILES string of the molecule is CCCC(CCO)CNC(=O)c1ccc(Br)c(N)c1. The fourth-order valence-corrected chi connectivity index (χ4v) is 2.21. The van der Waals surface area contributed by atoms with Gasteiger partial charge < -0.3 is 16.2 Å². The summed E-state index contributed by atoms with van der Waals surface area (Å²) in [5.74, 6) is 0.199. The Labute approximate surface area is 122 Å². The number of hydrogen-bond acceptors (Lipinski definition) is 3. The molecule has 19 heavy (non-hydrogen) atoms. The molecule has 1 aromatic rings. The highest BCUT2D eigenvalue weighted by Gasteiger charge is 2.11. The molecule has 1 atom stereocenters. The molecule has 1 aromatic carbocycles. The molecule has 0 saturated carbocycles. The molecule has 0 heterocycles. The van der Waals surface area contributed by atoms with Crippen molar-refractivity contribution in [1.29, 1.82) is 0 Å². The molecular weight excluding hydrogens is 308 g/mol. The maximum Gasteiger partial charge on any atom is 0.251 e. The maximum absolute atomic E-state index is 12.0. The van der Waals surface area contributed by atoms with E-state index in [9.17, 15) is 4.79 Å². The second-order valence-corrected chi connectivity index (χ2v) is 5.47. The average molecular weight is 329 g/mol. The number of rotatable bonds is 7. The van der Waals surface area contributed by atoms with E-state index in [2.05, 4.69) is 28.2 Å². The van der Waals surface area contributed by atoms with Crippen molar-refractivity contribution in [2.45, 2.75) is 26.2 Å². The number of hydrogen-bond donors (Lipinski definition) is 3. The predicted octanol–water partition coefficient (Wildman–Crippen LogP) is 2.56. The van der Waals surface area contributed by atoms with Crippen LogP contribution in [0.5, 0.6) is 0 Å². The maximum atomic E-state index is 12.0. The summed E-state index contributed by atoms with van der Waals surface area (Å²) in [7, 11) is 0. The number of nitrogens with two attached hydrogens (primary N) is 1. The van der Waals surface area contributed by atoms with Crippen molar-refractivity contribution in [3.63, 3.8) is 0 Å². The number of amides is 1. The van der Waals surface area contributed by atoms with E-state index < -0.39 is 0 Å². The molecule has 0 bridgehead atoms. The Hall–Kier alpha value is -1.07. The van der Waals surface area contributed by atoms with Gasteiger partial charge in [-0.1, -0.05) is 13.3 Å². The lowest BCUT2D eigenvalue weighted by atomic mass is 10.00. The summed E-state index contributed by atoms with van der Waals surface area (Å²) in [6.45, 7) is 2.84. The predicted molar refractivity (Wildman–Crippen MR) is 81.0 cm³/mol. The minimum atomic E-state index is -0.127. The van der Waals surface area contributed by atoms with Crippen LogP contribution in [0.2, 0.25) is 0 Å². The van der Waals surface area contributed by atoms with Crippen LogP contribution in [-0.2, 0) is 0 Å². The molecule has 0 spiro atoms. The molecule has 0 aliphatic heterocycles. The summed E-state index contributed by atoms with van der Waals surface area (Å²) in [4.78, 5) is 12.0. The Bertz CT molecular complexity index is 418. The van der Waals surface area contributed by atoms with Crippen LogP contribution in [0.25, 0.3) is 0 Å². The topological polar surface area (TPSA) is 75.3 Å². The van der Waals surface area contributed by atoms with Crippen LogP contribution in [0.15, 0.2) is 22.7 Å². The van der Waals surface area contributed by atoms with E-state index in [-0.39, 0.29) is 12.5 Å². The van der Waals surface area contributed by atoms with Crippen molar-refractivity contribution < 1.29 is 9.90 Å². The van der Waals surface area contributed by atoms with Crippen LogP contribution in [0.3, 0.4) is 0 Å². The second-order valence-electron chi connectivity index (χ2n) is 4.61. The third-order valence-electron chi connectivity index (χ3n) is 3.04. The van der Waals surface area contributed by atoms with Gasteiger partial charge in [0.15, 0.2) is 0 Å². The molecule has 0 radical (unpaired) electrons. The lowest BCUT2D eigenvalue weighted by Gasteiger charge is -2.15. The largest absolute Gasteiger partial charge is 0.398 e. The second kappa shape index (κ2) is 8.17. The van der Waals surface area contributed by atoms with Crippen molar-refractivity contribution in [3.05, 3.63) is 28.2 Å². The lowest BCUT2D eigenvalue weighted by molar-refractivity contribution is 0.0943. The number of benzene rings is 1. The van der Waals surface area contributed by atoms with Gasteiger partial charge in [0.2, 0.25) is 0 Å². The van der Waals surface area contributed by atoms with E-state index in [4.69, 9.17) is 10.8 Å². The van der Waals surface area contributed by atoms with Gasteiger partial charge in [-0.25, -0.2) is 0 Å². The molecule has 4 nitrogen and oxygen atoms in total. The molecule has 1 amide bonds. The summed E-state index contributed by atoms with van der Waals surface area (Å²) in [5, 5.41) is 11.9. The van der Waals surface area contributed by atoms with E-state index >= 15 is 0 Å². The quantitative estimate of drug-likeness (QED) is 0.673. The monoisotopic (exact) mass is 328 g/mol. The Morgan fingerprint density at radius 1 is 1.47 bits per heavy atom. The fraction of sp³-hybridized carbons (Fsp3) is 0.500. The van der Waals surface area contributed by atoms with E-state index in [1.165, 1.54) is 0 Å². The normalized spacial score (nSPS) is 12.2. The number of carbonyl (C=O) groups excluding carboxylic acids is 1. The minimum absolute atomic E-state index is 0.127. The Kier molecular flexibility index (Phi) is 6.87. The van der Waals surface area contributed by atoms with Crippen molar-refractivity contribution in [2.75, 3.05) is 18.9 Å². The smallest absolute Gasteiger partial charge is 0.251 e. The van der Waals surface area contributed by atoms with Crippen LogP contribution in [0.4, 0.5) is 5.69 Å². The van der Waals surface area contributed by atoms with Crippen LogP contribution in [0, 0.1) is 5.92 Å². The number of nitrogens with one attached hydrogen (secondary N) is 1. The summed E-state index contributed by atoms with van der Waals surface area (Å²) >= 11 is 3.30. The van der Waals surface area contributed by atoms with Gasteiger partial charge in [0, 0.05) is 28.9 Å². The standard InChI is InChI=1S/C14H21BrN2O2/c1-2-3-10(6-7-18)9-17-14(19)11-4-5-12(15)13(16)8-11/h4-5,8,10,18H,2-3,6-7,9,16H2,1H3,(H,17,19). The summed E-state index contributed by atoms with van der Waals surface area (Å²) in [5.41, 5.74) is 6.85.